The van der Waals surface area contributed by atoms with E-state index in [9.17, 15) is 18.0 Å². The number of hydrogen-bond donors (Lipinski definition) is 2. The van der Waals surface area contributed by atoms with Crippen molar-refractivity contribution in [2.24, 2.45) is 11.7 Å². The van der Waals surface area contributed by atoms with Gasteiger partial charge in [-0.2, -0.15) is 0 Å². The minimum absolute atomic E-state index is 0.236. The summed E-state index contributed by atoms with van der Waals surface area (Å²) in [5, 5.41) is 2.34. The van der Waals surface area contributed by atoms with Gasteiger partial charge in [0.25, 0.3) is 0 Å². The zero-order valence-corrected chi connectivity index (χ0v) is 10.8. The molecule has 0 unspecified atom stereocenters. The maximum atomic E-state index is 13.3. The molecule has 1 aromatic rings. The first-order chi connectivity index (χ1) is 8.81. The average Bonchev–Trinajstić information content (AvgIpc) is 2.26. The van der Waals surface area contributed by atoms with Gasteiger partial charge in [0.1, 0.15) is 17.5 Å². The lowest BCUT2D eigenvalue weighted by Gasteiger charge is -2.14. The molecular formula is C13H17F3N2O. The van der Waals surface area contributed by atoms with Gasteiger partial charge in [-0.3, -0.25) is 4.79 Å². The Labute approximate surface area is 110 Å². The summed E-state index contributed by atoms with van der Waals surface area (Å²) in [4.78, 5) is 11.6. The molecule has 0 radical (unpaired) electrons. The van der Waals surface area contributed by atoms with E-state index in [1.807, 2.05) is 13.8 Å². The highest BCUT2D eigenvalue weighted by Crippen LogP contribution is 2.14. The molecule has 0 aliphatic heterocycles. The molecule has 0 fully saturated rings. The second kappa shape index (κ2) is 6.56. The van der Waals surface area contributed by atoms with Crippen LogP contribution in [0.2, 0.25) is 0 Å². The van der Waals surface area contributed by atoms with Gasteiger partial charge in [0.2, 0.25) is 5.91 Å². The van der Waals surface area contributed by atoms with Gasteiger partial charge >= 0.3 is 0 Å². The van der Waals surface area contributed by atoms with E-state index in [2.05, 4.69) is 5.32 Å². The zero-order valence-electron chi connectivity index (χ0n) is 10.8. The molecule has 0 heterocycles. The van der Waals surface area contributed by atoms with Crippen LogP contribution in [0, 0.1) is 23.4 Å². The van der Waals surface area contributed by atoms with E-state index in [4.69, 9.17) is 5.73 Å². The van der Waals surface area contributed by atoms with Crippen molar-refractivity contribution in [3.05, 3.63) is 35.1 Å². The third kappa shape index (κ3) is 4.55. The minimum Gasteiger partial charge on any atom is -0.350 e. The Morgan fingerprint density at radius 2 is 1.79 bits per heavy atom. The second-order valence-corrected chi connectivity index (χ2v) is 4.80. The van der Waals surface area contributed by atoms with E-state index >= 15 is 0 Å². The summed E-state index contributed by atoms with van der Waals surface area (Å²) in [6.45, 7) is 3.46. The summed E-state index contributed by atoms with van der Waals surface area (Å²) in [5.74, 6) is -3.32. The molecule has 0 aromatic heterocycles. The lowest BCUT2D eigenvalue weighted by atomic mass is 10.0. The third-order valence-corrected chi connectivity index (χ3v) is 2.61. The van der Waals surface area contributed by atoms with Crippen molar-refractivity contribution in [1.29, 1.82) is 0 Å². The van der Waals surface area contributed by atoms with Crippen molar-refractivity contribution in [2.75, 3.05) is 0 Å². The molecule has 6 heteroatoms. The van der Waals surface area contributed by atoms with E-state index in [-0.39, 0.29) is 18.0 Å². The fourth-order valence-electron chi connectivity index (χ4n) is 1.66. The topological polar surface area (TPSA) is 55.1 Å². The minimum atomic E-state index is -1.03. The predicted molar refractivity (Wildman–Crippen MR) is 65.6 cm³/mol. The van der Waals surface area contributed by atoms with Crippen LogP contribution in [0.4, 0.5) is 13.2 Å². The SMILES string of the molecule is CC(C)C[C@H](N)C(=O)NCc1c(F)cc(F)cc1F. The van der Waals surface area contributed by atoms with E-state index < -0.39 is 29.4 Å². The van der Waals surface area contributed by atoms with E-state index in [1.165, 1.54) is 0 Å². The Balaban J connectivity index is 2.65. The van der Waals surface area contributed by atoms with Gasteiger partial charge < -0.3 is 11.1 Å². The number of nitrogens with one attached hydrogen (secondary N) is 1. The Morgan fingerprint density at radius 1 is 1.26 bits per heavy atom. The molecule has 1 aromatic carbocycles. The van der Waals surface area contributed by atoms with Gasteiger partial charge in [-0.1, -0.05) is 13.8 Å². The van der Waals surface area contributed by atoms with Gasteiger partial charge in [-0.15, -0.1) is 0 Å². The maximum Gasteiger partial charge on any atom is 0.237 e. The third-order valence-electron chi connectivity index (χ3n) is 2.61. The highest BCUT2D eigenvalue weighted by Gasteiger charge is 2.17. The average molecular weight is 274 g/mol. The van der Waals surface area contributed by atoms with Crippen LogP contribution >= 0.6 is 0 Å². The molecule has 1 rings (SSSR count). The molecule has 0 bridgehead atoms. The molecular weight excluding hydrogens is 257 g/mol. The second-order valence-electron chi connectivity index (χ2n) is 4.80. The van der Waals surface area contributed by atoms with Crippen LogP contribution in [0.3, 0.4) is 0 Å². The number of hydrogen-bond acceptors (Lipinski definition) is 2. The van der Waals surface area contributed by atoms with Crippen LogP contribution in [-0.4, -0.2) is 11.9 Å². The van der Waals surface area contributed by atoms with Crippen molar-refractivity contribution in [1.82, 2.24) is 5.32 Å². The van der Waals surface area contributed by atoms with Crippen molar-refractivity contribution >= 4 is 5.91 Å². The number of benzene rings is 1. The van der Waals surface area contributed by atoms with Crippen LogP contribution in [-0.2, 0) is 11.3 Å². The largest absolute Gasteiger partial charge is 0.350 e. The van der Waals surface area contributed by atoms with Crippen LogP contribution < -0.4 is 11.1 Å². The summed E-state index contributed by atoms with van der Waals surface area (Å²) in [6, 6.07) is 0.406. The van der Waals surface area contributed by atoms with E-state index in [0.29, 0.717) is 18.6 Å². The monoisotopic (exact) mass is 274 g/mol. The van der Waals surface area contributed by atoms with Gasteiger partial charge in [-0.25, -0.2) is 13.2 Å². The fraction of sp³-hybridized carbons (Fsp3) is 0.462. The standard InChI is InChI=1S/C13H17F3N2O/c1-7(2)3-12(17)13(19)18-6-9-10(15)4-8(14)5-11(9)16/h4-5,7,12H,3,6,17H2,1-2H3,(H,18,19)/t12-/m0/s1. The molecule has 0 aliphatic carbocycles. The van der Waals surface area contributed by atoms with Crippen molar-refractivity contribution in [3.63, 3.8) is 0 Å². The number of halogens is 3. The molecule has 19 heavy (non-hydrogen) atoms. The number of nitrogens with two attached hydrogens (primary N) is 1. The first-order valence-corrected chi connectivity index (χ1v) is 5.98. The Kier molecular flexibility index (Phi) is 5.35. The summed E-state index contributed by atoms with van der Waals surface area (Å²) in [5.41, 5.74) is 5.24. The number of amides is 1. The zero-order chi connectivity index (χ0) is 14.6. The highest BCUT2D eigenvalue weighted by atomic mass is 19.1. The van der Waals surface area contributed by atoms with Crippen LogP contribution in [0.5, 0.6) is 0 Å². The molecule has 0 saturated heterocycles. The molecule has 3 N–H and O–H groups in total. The van der Waals surface area contributed by atoms with Crippen LogP contribution in [0.25, 0.3) is 0 Å². The Hall–Kier alpha value is -1.56. The van der Waals surface area contributed by atoms with Gasteiger partial charge in [0.15, 0.2) is 0 Å². The first-order valence-electron chi connectivity index (χ1n) is 5.98. The van der Waals surface area contributed by atoms with Crippen molar-refractivity contribution in [3.8, 4) is 0 Å². The Morgan fingerprint density at radius 3 is 2.26 bits per heavy atom. The van der Waals surface area contributed by atoms with Crippen LogP contribution in [0.1, 0.15) is 25.8 Å². The lowest BCUT2D eigenvalue weighted by molar-refractivity contribution is -0.122. The first kappa shape index (κ1) is 15.5. The van der Waals surface area contributed by atoms with Crippen molar-refractivity contribution in [2.45, 2.75) is 32.9 Å². The summed E-state index contributed by atoms with van der Waals surface area (Å²) in [6.07, 6.45) is 0.472. The van der Waals surface area contributed by atoms with Crippen LogP contribution in [0.15, 0.2) is 12.1 Å². The number of carbonyl (C=O) groups excluding carboxylic acids is 1. The highest BCUT2D eigenvalue weighted by molar-refractivity contribution is 5.81. The summed E-state index contributed by atoms with van der Waals surface area (Å²) >= 11 is 0. The van der Waals surface area contributed by atoms with E-state index in [0.717, 1.165) is 0 Å². The molecule has 1 amide bonds. The van der Waals surface area contributed by atoms with Gasteiger partial charge in [-0.05, 0) is 12.3 Å². The maximum absolute atomic E-state index is 13.3. The number of carbonyl (C=O) groups is 1. The van der Waals surface area contributed by atoms with E-state index in [1.54, 1.807) is 0 Å². The summed E-state index contributed by atoms with van der Waals surface area (Å²) < 4.78 is 39.3. The Bertz CT molecular complexity index is 440. The molecule has 1 atom stereocenters. The molecule has 3 nitrogen and oxygen atoms in total. The smallest absolute Gasteiger partial charge is 0.237 e. The van der Waals surface area contributed by atoms with Gasteiger partial charge in [0, 0.05) is 24.2 Å². The lowest BCUT2D eigenvalue weighted by Crippen LogP contribution is -2.41. The fourth-order valence-corrected chi connectivity index (χ4v) is 1.66. The normalized spacial score (nSPS) is 12.6. The van der Waals surface area contributed by atoms with Gasteiger partial charge in [0.05, 0.1) is 6.04 Å². The number of rotatable bonds is 5. The molecule has 0 aliphatic rings. The molecule has 106 valence electrons. The molecule has 0 spiro atoms. The quantitative estimate of drug-likeness (QED) is 0.864. The van der Waals surface area contributed by atoms with Crippen molar-refractivity contribution < 1.29 is 18.0 Å². The molecule has 0 saturated carbocycles. The predicted octanol–water partition coefficient (Wildman–Crippen LogP) is 2.09. The summed E-state index contributed by atoms with van der Waals surface area (Å²) in [7, 11) is 0.